The molecule has 0 saturated carbocycles. The van der Waals surface area contributed by atoms with Gasteiger partial charge >= 0.3 is 17.9 Å². The molecule has 4 atom stereocenters. The van der Waals surface area contributed by atoms with Crippen molar-refractivity contribution in [2.45, 2.75) is 31.0 Å². The molecule has 5 aromatic rings. The van der Waals surface area contributed by atoms with Gasteiger partial charge in [-0.05, 0) is 43.3 Å². The summed E-state index contributed by atoms with van der Waals surface area (Å²) < 4.78 is 25.7. The second-order valence-electron chi connectivity index (χ2n) is 10.3. The van der Waals surface area contributed by atoms with Gasteiger partial charge in [0.15, 0.2) is 28.7 Å². The van der Waals surface area contributed by atoms with E-state index in [-0.39, 0.29) is 40.0 Å². The fourth-order valence-electron chi connectivity index (χ4n) is 5.13. The van der Waals surface area contributed by atoms with Crippen LogP contribution in [0.25, 0.3) is 11.2 Å². The van der Waals surface area contributed by atoms with Crippen molar-refractivity contribution >= 4 is 46.6 Å². The minimum atomic E-state index is -1.74. The summed E-state index contributed by atoms with van der Waals surface area (Å²) in [6, 6.07) is 25.0. The molecule has 1 saturated heterocycles. The van der Waals surface area contributed by atoms with Crippen LogP contribution >= 0.6 is 11.6 Å². The maximum absolute atomic E-state index is 13.6. The number of hydrogen-bond acceptors (Lipinski definition) is 11. The molecule has 3 aromatic carbocycles. The molecule has 2 aromatic heterocycles. The fourth-order valence-corrected chi connectivity index (χ4v) is 5.35. The molecule has 2 N–H and O–H groups in total. The Labute approximate surface area is 261 Å². The van der Waals surface area contributed by atoms with Crippen molar-refractivity contribution in [3.8, 4) is 0 Å². The van der Waals surface area contributed by atoms with E-state index in [1.807, 2.05) is 0 Å². The van der Waals surface area contributed by atoms with Crippen LogP contribution in [0.15, 0.2) is 97.3 Å². The molecule has 6 rings (SSSR count). The largest absolute Gasteiger partial charge is 0.459 e. The third-order valence-corrected chi connectivity index (χ3v) is 7.56. The van der Waals surface area contributed by atoms with Gasteiger partial charge in [0.25, 0.3) is 0 Å². The van der Waals surface area contributed by atoms with Gasteiger partial charge in [0.05, 0.1) is 23.0 Å². The lowest BCUT2D eigenvalue weighted by Crippen LogP contribution is -2.50. The van der Waals surface area contributed by atoms with Gasteiger partial charge in [0, 0.05) is 0 Å². The Kier molecular flexibility index (Phi) is 8.16. The Morgan fingerprint density at radius 3 is 2.02 bits per heavy atom. The number of imidazole rings is 1. The Hall–Kier alpha value is -5.33. The summed E-state index contributed by atoms with van der Waals surface area (Å²) in [5, 5.41) is -0.00220. The fraction of sp³-hybridized carbons (Fsp3) is 0.188. The van der Waals surface area contributed by atoms with Crippen molar-refractivity contribution in [3.05, 3.63) is 119 Å². The molecule has 228 valence electrons. The number of anilines is 1. The first-order valence-corrected chi connectivity index (χ1v) is 14.2. The average molecular weight is 628 g/mol. The molecule has 1 fully saturated rings. The van der Waals surface area contributed by atoms with E-state index >= 15 is 0 Å². The number of benzene rings is 3. The van der Waals surface area contributed by atoms with Crippen molar-refractivity contribution in [2.24, 2.45) is 0 Å². The second-order valence-corrected chi connectivity index (χ2v) is 10.7. The number of nitrogen functional groups attached to an aromatic ring is 1. The maximum atomic E-state index is 13.6. The first kappa shape index (κ1) is 29.7. The summed E-state index contributed by atoms with van der Waals surface area (Å²) in [6.45, 7) is 1.19. The lowest BCUT2D eigenvalue weighted by Gasteiger charge is -2.34. The molecular weight excluding hydrogens is 602 g/mol. The molecule has 0 aliphatic carbocycles. The molecule has 0 spiro atoms. The molecule has 1 unspecified atom stereocenters. The number of aromatic nitrogens is 4. The first-order valence-electron chi connectivity index (χ1n) is 13.8. The smallest absolute Gasteiger partial charge is 0.338 e. The summed E-state index contributed by atoms with van der Waals surface area (Å²) in [5.41, 5.74) is 5.35. The van der Waals surface area contributed by atoms with Gasteiger partial charge in [-0.1, -0.05) is 66.2 Å². The Morgan fingerprint density at radius 2 is 1.42 bits per heavy atom. The van der Waals surface area contributed by atoms with Crippen LogP contribution < -0.4 is 5.73 Å². The number of nitrogens with two attached hydrogens (primary N) is 1. The Bertz CT molecular complexity index is 1860. The Balaban J connectivity index is 1.43. The van der Waals surface area contributed by atoms with Crippen molar-refractivity contribution in [2.75, 3.05) is 12.3 Å². The van der Waals surface area contributed by atoms with Crippen LogP contribution in [0.3, 0.4) is 0 Å². The number of carbonyl (C=O) groups is 3. The first-order chi connectivity index (χ1) is 21.7. The zero-order valence-corrected chi connectivity index (χ0v) is 24.5. The minimum Gasteiger partial charge on any atom is -0.459 e. The molecule has 0 amide bonds. The predicted octanol–water partition coefficient (Wildman–Crippen LogP) is 4.66. The normalized spacial score (nSPS) is 20.9. The van der Waals surface area contributed by atoms with E-state index < -0.39 is 41.9 Å². The summed E-state index contributed by atoms with van der Waals surface area (Å²) in [5.74, 6) is -2.18. The third-order valence-electron chi connectivity index (χ3n) is 7.30. The Morgan fingerprint density at radius 1 is 0.867 bits per heavy atom. The summed E-state index contributed by atoms with van der Waals surface area (Å²) in [6.07, 6.45) is -2.25. The van der Waals surface area contributed by atoms with Gasteiger partial charge in [-0.3, -0.25) is 4.57 Å². The highest BCUT2D eigenvalue weighted by Crippen LogP contribution is 2.45. The van der Waals surface area contributed by atoms with Gasteiger partial charge in [0.1, 0.15) is 18.2 Å². The summed E-state index contributed by atoms with van der Waals surface area (Å²) in [4.78, 5) is 52.5. The van der Waals surface area contributed by atoms with Gasteiger partial charge < -0.3 is 24.7 Å². The molecule has 1 aliphatic heterocycles. The SMILES string of the molecule is C[C@@]1(OC(=O)c2ccccc2)[C@H](OC(=O)c2ccccc2)C(COC(=O)c2ccccc2)O[C@H]1n1cnc2c(Cl)nc(N)nc21. The standard InChI is InChI=1S/C32H26ClN5O7/c1-32(45-29(41)21-15-9-4-10-16-21)24(44-28(40)20-13-7-3-8-14-20)22(17-42-27(39)19-11-5-2-6-12-19)43-30(32)38-18-35-23-25(33)36-31(34)37-26(23)38/h2-16,18,22,24,30H,17H2,1H3,(H2,34,36,37)/t22?,24-,30-,32-/m1/s1. The number of nitrogens with zero attached hydrogens (tertiary/aromatic N) is 4. The van der Waals surface area contributed by atoms with Crippen molar-refractivity contribution < 1.29 is 33.3 Å². The molecule has 12 nitrogen and oxygen atoms in total. The number of fused-ring (bicyclic) bond motifs is 1. The second kappa shape index (κ2) is 12.3. The van der Waals surface area contributed by atoms with Crippen LogP contribution in [0.5, 0.6) is 0 Å². The van der Waals surface area contributed by atoms with Crippen LogP contribution in [0.2, 0.25) is 5.15 Å². The molecule has 0 bridgehead atoms. The van der Waals surface area contributed by atoms with E-state index in [4.69, 9.17) is 36.3 Å². The van der Waals surface area contributed by atoms with Crippen LogP contribution in [0.4, 0.5) is 5.95 Å². The number of esters is 3. The number of halogens is 1. The zero-order valence-electron chi connectivity index (χ0n) is 23.8. The average Bonchev–Trinajstić information content (AvgIpc) is 3.59. The third kappa shape index (κ3) is 5.93. The monoisotopic (exact) mass is 627 g/mol. The minimum absolute atomic E-state index is 0.00220. The lowest BCUT2D eigenvalue weighted by molar-refractivity contribution is -0.108. The predicted molar refractivity (Wildman–Crippen MR) is 161 cm³/mol. The van der Waals surface area contributed by atoms with Gasteiger partial charge in [-0.25, -0.2) is 19.4 Å². The van der Waals surface area contributed by atoms with Crippen molar-refractivity contribution in [1.29, 1.82) is 0 Å². The van der Waals surface area contributed by atoms with E-state index in [9.17, 15) is 14.4 Å². The van der Waals surface area contributed by atoms with Crippen LogP contribution in [-0.2, 0) is 18.9 Å². The maximum Gasteiger partial charge on any atom is 0.338 e. The molecular formula is C32H26ClN5O7. The van der Waals surface area contributed by atoms with E-state index in [2.05, 4.69) is 15.0 Å². The number of hydrogen-bond donors (Lipinski definition) is 1. The zero-order chi connectivity index (χ0) is 31.6. The number of ether oxygens (including phenoxy) is 4. The highest BCUT2D eigenvalue weighted by Gasteiger charge is 2.60. The van der Waals surface area contributed by atoms with E-state index in [1.165, 1.54) is 10.9 Å². The molecule has 3 heterocycles. The lowest BCUT2D eigenvalue weighted by atomic mass is 9.95. The van der Waals surface area contributed by atoms with Crippen molar-refractivity contribution in [3.63, 3.8) is 0 Å². The number of carbonyl (C=O) groups excluding carboxylic acids is 3. The van der Waals surface area contributed by atoms with Crippen LogP contribution in [0.1, 0.15) is 44.2 Å². The molecule has 45 heavy (non-hydrogen) atoms. The van der Waals surface area contributed by atoms with E-state index in [0.29, 0.717) is 5.56 Å². The van der Waals surface area contributed by atoms with E-state index in [0.717, 1.165) is 0 Å². The summed E-state index contributed by atoms with van der Waals surface area (Å²) >= 11 is 6.29. The molecule has 13 heteroatoms. The van der Waals surface area contributed by atoms with Gasteiger partial charge in [-0.2, -0.15) is 9.97 Å². The van der Waals surface area contributed by atoms with E-state index in [1.54, 1.807) is 97.9 Å². The highest BCUT2D eigenvalue weighted by atomic mass is 35.5. The quantitative estimate of drug-likeness (QED) is 0.145. The highest BCUT2D eigenvalue weighted by molar-refractivity contribution is 6.33. The summed E-state index contributed by atoms with van der Waals surface area (Å²) in [7, 11) is 0. The molecule has 0 radical (unpaired) electrons. The van der Waals surface area contributed by atoms with Crippen LogP contribution in [0, 0.1) is 0 Å². The van der Waals surface area contributed by atoms with Crippen LogP contribution in [-0.4, -0.2) is 61.8 Å². The topological polar surface area (TPSA) is 158 Å². The molecule has 1 aliphatic rings. The van der Waals surface area contributed by atoms with Gasteiger partial charge in [0.2, 0.25) is 5.95 Å². The van der Waals surface area contributed by atoms with Gasteiger partial charge in [-0.15, -0.1) is 0 Å². The van der Waals surface area contributed by atoms with Crippen molar-refractivity contribution in [1.82, 2.24) is 19.5 Å². The number of rotatable bonds is 8.